The van der Waals surface area contributed by atoms with Crippen LogP contribution in [0.5, 0.6) is 5.75 Å². The van der Waals surface area contributed by atoms with Crippen LogP contribution in [0, 0.1) is 0 Å². The number of hydrogen-bond donors (Lipinski definition) is 1. The summed E-state index contributed by atoms with van der Waals surface area (Å²) in [6.45, 7) is 2.59. The predicted octanol–water partition coefficient (Wildman–Crippen LogP) is 2.05. The second kappa shape index (κ2) is 6.70. The molecule has 0 radical (unpaired) electrons. The number of rotatable bonds is 4. The van der Waals surface area contributed by atoms with Crippen LogP contribution in [0.15, 0.2) is 22.7 Å². The molecule has 1 N–H and O–H groups in total. The third-order valence-electron chi connectivity index (χ3n) is 3.53. The molecule has 1 aromatic rings. The van der Waals surface area contributed by atoms with Crippen molar-refractivity contribution < 1.29 is 9.47 Å². The second-order valence-corrected chi connectivity index (χ2v) is 5.64. The van der Waals surface area contributed by atoms with E-state index >= 15 is 0 Å². The fourth-order valence-electron chi connectivity index (χ4n) is 2.57. The third kappa shape index (κ3) is 3.28. The van der Waals surface area contributed by atoms with E-state index in [1.165, 1.54) is 5.56 Å². The number of methoxy groups -OCH3 is 1. The lowest BCUT2D eigenvalue weighted by molar-refractivity contribution is -0.0606. The topological polar surface area (TPSA) is 33.7 Å². The van der Waals surface area contributed by atoms with E-state index in [2.05, 4.69) is 45.3 Å². The molecule has 1 aromatic carbocycles. The van der Waals surface area contributed by atoms with E-state index in [-0.39, 0.29) is 12.1 Å². The first-order valence-electron chi connectivity index (χ1n) is 6.47. The van der Waals surface area contributed by atoms with Gasteiger partial charge < -0.3 is 14.8 Å². The van der Waals surface area contributed by atoms with E-state index in [1.54, 1.807) is 7.11 Å². The Kier molecular flexibility index (Phi) is 5.21. The average molecular weight is 329 g/mol. The van der Waals surface area contributed by atoms with Gasteiger partial charge in [0.15, 0.2) is 0 Å². The van der Waals surface area contributed by atoms with Crippen molar-refractivity contribution in [2.24, 2.45) is 0 Å². The van der Waals surface area contributed by atoms with Gasteiger partial charge in [0.25, 0.3) is 0 Å². The van der Waals surface area contributed by atoms with E-state index in [0.717, 1.165) is 29.9 Å². The largest absolute Gasteiger partial charge is 0.496 e. The van der Waals surface area contributed by atoms with Crippen molar-refractivity contribution in [1.82, 2.24) is 10.2 Å². The summed E-state index contributed by atoms with van der Waals surface area (Å²) in [5.41, 5.74) is 1.25. The van der Waals surface area contributed by atoms with Gasteiger partial charge in [-0.05, 0) is 47.7 Å². The molecule has 5 heteroatoms. The summed E-state index contributed by atoms with van der Waals surface area (Å²) in [5, 5.41) is 3.21. The quantitative estimate of drug-likeness (QED) is 0.917. The van der Waals surface area contributed by atoms with Crippen LogP contribution < -0.4 is 10.1 Å². The lowest BCUT2D eigenvalue weighted by Crippen LogP contribution is -2.46. The molecular formula is C14H21BrN2O2. The Bertz CT molecular complexity index is 426. The van der Waals surface area contributed by atoms with Gasteiger partial charge >= 0.3 is 0 Å². The molecule has 1 aliphatic heterocycles. The van der Waals surface area contributed by atoms with Crippen LogP contribution in [0.25, 0.3) is 0 Å². The fraction of sp³-hybridized carbons (Fsp3) is 0.571. The van der Waals surface area contributed by atoms with Crippen molar-refractivity contribution in [2.75, 3.05) is 40.9 Å². The molecule has 4 nitrogen and oxygen atoms in total. The molecule has 106 valence electrons. The Balaban J connectivity index is 2.27. The summed E-state index contributed by atoms with van der Waals surface area (Å²) in [6.07, 6.45) is 0.170. The van der Waals surface area contributed by atoms with E-state index in [1.807, 2.05) is 13.1 Å². The molecule has 1 aliphatic rings. The number of ether oxygens (including phenoxy) is 2. The van der Waals surface area contributed by atoms with Crippen LogP contribution in [-0.2, 0) is 4.74 Å². The first kappa shape index (κ1) is 14.8. The normalized spacial score (nSPS) is 24.4. The van der Waals surface area contributed by atoms with Gasteiger partial charge in [-0.2, -0.15) is 0 Å². The van der Waals surface area contributed by atoms with Crippen molar-refractivity contribution in [3.8, 4) is 5.75 Å². The number of hydrogen-bond acceptors (Lipinski definition) is 4. The van der Waals surface area contributed by atoms with Crippen LogP contribution in [-0.4, -0.2) is 51.9 Å². The minimum absolute atomic E-state index is 0.170. The lowest BCUT2D eigenvalue weighted by Gasteiger charge is -2.39. The van der Waals surface area contributed by atoms with Crippen molar-refractivity contribution in [3.63, 3.8) is 0 Å². The van der Waals surface area contributed by atoms with Gasteiger partial charge in [-0.1, -0.05) is 6.07 Å². The highest BCUT2D eigenvalue weighted by atomic mass is 79.9. The summed E-state index contributed by atoms with van der Waals surface area (Å²) in [7, 11) is 5.78. The van der Waals surface area contributed by atoms with Crippen LogP contribution in [0.4, 0.5) is 0 Å². The molecule has 0 saturated carbocycles. The third-order valence-corrected chi connectivity index (χ3v) is 4.15. The number of benzene rings is 1. The van der Waals surface area contributed by atoms with Gasteiger partial charge in [-0.15, -0.1) is 0 Å². The predicted molar refractivity (Wildman–Crippen MR) is 79.7 cm³/mol. The number of halogens is 1. The van der Waals surface area contributed by atoms with Crippen molar-refractivity contribution in [1.29, 1.82) is 0 Å². The van der Waals surface area contributed by atoms with Gasteiger partial charge in [0, 0.05) is 13.1 Å². The number of nitrogens with zero attached hydrogens (tertiary/aromatic N) is 1. The summed E-state index contributed by atoms with van der Waals surface area (Å²) >= 11 is 3.55. The van der Waals surface area contributed by atoms with Gasteiger partial charge in [-0.25, -0.2) is 0 Å². The van der Waals surface area contributed by atoms with Crippen LogP contribution in [0.3, 0.4) is 0 Å². The zero-order valence-electron chi connectivity index (χ0n) is 11.6. The number of likely N-dealkylation sites (N-methyl/N-ethyl adjacent to an activating group) is 2. The maximum absolute atomic E-state index is 5.90. The van der Waals surface area contributed by atoms with E-state index in [9.17, 15) is 0 Å². The Labute approximate surface area is 123 Å². The van der Waals surface area contributed by atoms with Gasteiger partial charge in [0.05, 0.1) is 30.3 Å². The zero-order valence-corrected chi connectivity index (χ0v) is 13.2. The molecule has 0 spiro atoms. The first-order chi connectivity index (χ1) is 9.17. The van der Waals surface area contributed by atoms with Gasteiger partial charge in [0.1, 0.15) is 5.75 Å². The van der Waals surface area contributed by atoms with Crippen molar-refractivity contribution in [3.05, 3.63) is 28.2 Å². The highest BCUT2D eigenvalue weighted by Crippen LogP contribution is 2.33. The van der Waals surface area contributed by atoms with Gasteiger partial charge in [0.2, 0.25) is 0 Å². The van der Waals surface area contributed by atoms with Crippen LogP contribution in [0.2, 0.25) is 0 Å². The highest BCUT2D eigenvalue weighted by molar-refractivity contribution is 9.10. The molecule has 2 atom stereocenters. The van der Waals surface area contributed by atoms with E-state index in [0.29, 0.717) is 0 Å². The zero-order chi connectivity index (χ0) is 13.8. The molecule has 1 heterocycles. The first-order valence-corrected chi connectivity index (χ1v) is 7.26. The highest BCUT2D eigenvalue weighted by Gasteiger charge is 2.31. The monoisotopic (exact) mass is 328 g/mol. The smallest absolute Gasteiger partial charge is 0.133 e. The van der Waals surface area contributed by atoms with Crippen molar-refractivity contribution >= 4 is 15.9 Å². The molecule has 0 aliphatic carbocycles. The Morgan fingerprint density at radius 3 is 2.95 bits per heavy atom. The number of morpholine rings is 1. The van der Waals surface area contributed by atoms with Crippen molar-refractivity contribution in [2.45, 2.75) is 12.1 Å². The molecule has 2 unspecified atom stereocenters. The molecular weight excluding hydrogens is 308 g/mol. The average Bonchev–Trinajstić information content (AvgIpc) is 2.39. The standard InChI is InChI=1S/C14H21BrN2O2/c1-16-9-13-14(17(2)6-7-19-13)10-4-5-12(18-3)11(15)8-10/h4-5,8,13-14,16H,6-7,9H2,1-3H3. The Morgan fingerprint density at radius 1 is 1.53 bits per heavy atom. The second-order valence-electron chi connectivity index (χ2n) is 4.79. The minimum Gasteiger partial charge on any atom is -0.496 e. The van der Waals surface area contributed by atoms with E-state index < -0.39 is 0 Å². The Hall–Kier alpha value is -0.620. The SMILES string of the molecule is CNCC1OCCN(C)C1c1ccc(OC)c(Br)c1. The Morgan fingerprint density at radius 2 is 2.32 bits per heavy atom. The maximum Gasteiger partial charge on any atom is 0.133 e. The molecule has 19 heavy (non-hydrogen) atoms. The van der Waals surface area contributed by atoms with E-state index in [4.69, 9.17) is 9.47 Å². The summed E-state index contributed by atoms with van der Waals surface area (Å²) in [6, 6.07) is 6.50. The van der Waals surface area contributed by atoms with Gasteiger partial charge in [-0.3, -0.25) is 4.90 Å². The molecule has 0 bridgehead atoms. The number of nitrogens with one attached hydrogen (secondary N) is 1. The molecule has 0 aromatic heterocycles. The lowest BCUT2D eigenvalue weighted by atomic mass is 9.98. The van der Waals surface area contributed by atoms with Crippen LogP contribution >= 0.6 is 15.9 Å². The molecule has 1 fully saturated rings. The summed E-state index contributed by atoms with van der Waals surface area (Å²) in [5.74, 6) is 0.855. The molecule has 2 rings (SSSR count). The molecule has 0 amide bonds. The maximum atomic E-state index is 5.90. The fourth-order valence-corrected chi connectivity index (χ4v) is 3.13. The molecule has 1 saturated heterocycles. The summed E-state index contributed by atoms with van der Waals surface area (Å²) < 4.78 is 12.2. The van der Waals surface area contributed by atoms with Crippen LogP contribution in [0.1, 0.15) is 11.6 Å². The minimum atomic E-state index is 0.170. The summed E-state index contributed by atoms with van der Waals surface area (Å²) in [4.78, 5) is 2.35.